The van der Waals surface area contributed by atoms with Crippen molar-refractivity contribution in [3.05, 3.63) is 30.1 Å². The molecule has 0 radical (unpaired) electrons. The van der Waals surface area contributed by atoms with Crippen molar-refractivity contribution in [2.24, 2.45) is 5.41 Å². The molecule has 3 heterocycles. The molecule has 2 fully saturated rings. The van der Waals surface area contributed by atoms with E-state index in [0.29, 0.717) is 26.1 Å². The average molecular weight is 345 g/mol. The molecule has 1 atom stereocenters. The molecule has 0 aliphatic carbocycles. The number of methoxy groups -OCH3 is 1. The number of nitrogens with zero attached hydrogens (tertiary/aromatic N) is 3. The maximum atomic E-state index is 12.9. The van der Waals surface area contributed by atoms with Crippen LogP contribution in [-0.2, 0) is 20.7 Å². The Kier molecular flexibility index (Phi) is 5.68. The van der Waals surface area contributed by atoms with Crippen molar-refractivity contribution >= 4 is 11.8 Å². The van der Waals surface area contributed by atoms with Gasteiger partial charge in [0.2, 0.25) is 11.8 Å². The fourth-order valence-electron chi connectivity index (χ4n) is 3.98. The van der Waals surface area contributed by atoms with E-state index < -0.39 is 0 Å². The maximum Gasteiger partial charge on any atom is 0.229 e. The molecule has 2 amide bonds. The first-order valence-corrected chi connectivity index (χ1v) is 9.11. The van der Waals surface area contributed by atoms with Crippen molar-refractivity contribution < 1.29 is 14.3 Å². The molecule has 0 unspecified atom stereocenters. The molecule has 25 heavy (non-hydrogen) atoms. The first-order chi connectivity index (χ1) is 12.1. The molecule has 2 aliphatic heterocycles. The second-order valence-corrected chi connectivity index (χ2v) is 7.05. The summed E-state index contributed by atoms with van der Waals surface area (Å²) in [6, 6.07) is 5.63. The van der Waals surface area contributed by atoms with Crippen LogP contribution in [0.25, 0.3) is 0 Å². The molecule has 3 rings (SSSR count). The van der Waals surface area contributed by atoms with E-state index >= 15 is 0 Å². The standard InChI is InChI=1S/C19H27N3O3/c1-25-14-13-22-12-8-19(18(22)24)6-4-10-21(11-7-19)17(23)15-16-5-2-3-9-20-16/h2-3,5,9H,4,6-8,10-15H2,1H3/t19-/m1/s1. The fraction of sp³-hybridized carbons (Fsp3) is 0.632. The average Bonchev–Trinajstić information content (AvgIpc) is 2.80. The van der Waals surface area contributed by atoms with Crippen LogP contribution in [0.3, 0.4) is 0 Å². The van der Waals surface area contributed by atoms with E-state index in [9.17, 15) is 9.59 Å². The number of ether oxygens (including phenoxy) is 1. The largest absolute Gasteiger partial charge is 0.383 e. The molecule has 2 aliphatic rings. The number of likely N-dealkylation sites (tertiary alicyclic amines) is 2. The van der Waals surface area contributed by atoms with Gasteiger partial charge in [-0.25, -0.2) is 0 Å². The van der Waals surface area contributed by atoms with Gasteiger partial charge in [0.15, 0.2) is 0 Å². The summed E-state index contributed by atoms with van der Waals surface area (Å²) in [5.41, 5.74) is 0.530. The predicted molar refractivity (Wildman–Crippen MR) is 93.9 cm³/mol. The summed E-state index contributed by atoms with van der Waals surface area (Å²) in [6.45, 7) is 3.45. The highest BCUT2D eigenvalue weighted by atomic mass is 16.5. The topological polar surface area (TPSA) is 62.7 Å². The first kappa shape index (κ1) is 17.9. The molecule has 136 valence electrons. The van der Waals surface area contributed by atoms with Crippen molar-refractivity contribution in [1.29, 1.82) is 0 Å². The molecule has 1 aromatic heterocycles. The van der Waals surface area contributed by atoms with Crippen LogP contribution < -0.4 is 0 Å². The Morgan fingerprint density at radius 3 is 2.84 bits per heavy atom. The van der Waals surface area contributed by atoms with Crippen molar-refractivity contribution in [3.63, 3.8) is 0 Å². The summed E-state index contributed by atoms with van der Waals surface area (Å²) in [6.07, 6.45) is 5.48. The van der Waals surface area contributed by atoms with Gasteiger partial charge < -0.3 is 14.5 Å². The van der Waals surface area contributed by atoms with Gasteiger partial charge in [0.1, 0.15) is 0 Å². The summed E-state index contributed by atoms with van der Waals surface area (Å²) in [5, 5.41) is 0. The van der Waals surface area contributed by atoms with E-state index in [1.807, 2.05) is 28.0 Å². The van der Waals surface area contributed by atoms with E-state index in [1.54, 1.807) is 13.3 Å². The highest BCUT2D eigenvalue weighted by Gasteiger charge is 2.46. The summed E-state index contributed by atoms with van der Waals surface area (Å²) in [4.78, 5) is 33.5. The quantitative estimate of drug-likeness (QED) is 0.811. The second-order valence-electron chi connectivity index (χ2n) is 7.05. The number of hydrogen-bond acceptors (Lipinski definition) is 4. The molecule has 0 N–H and O–H groups in total. The van der Waals surface area contributed by atoms with E-state index in [0.717, 1.165) is 44.5 Å². The molecule has 1 spiro atoms. The molecular weight excluding hydrogens is 318 g/mol. The van der Waals surface area contributed by atoms with Gasteiger partial charge in [-0.2, -0.15) is 0 Å². The van der Waals surface area contributed by atoms with Crippen molar-refractivity contribution in [2.45, 2.75) is 32.1 Å². The Morgan fingerprint density at radius 1 is 1.24 bits per heavy atom. The van der Waals surface area contributed by atoms with Crippen LogP contribution in [0.5, 0.6) is 0 Å². The zero-order valence-corrected chi connectivity index (χ0v) is 14.9. The summed E-state index contributed by atoms with van der Waals surface area (Å²) < 4.78 is 5.10. The monoisotopic (exact) mass is 345 g/mol. The van der Waals surface area contributed by atoms with Crippen LogP contribution in [0, 0.1) is 5.41 Å². The van der Waals surface area contributed by atoms with E-state index in [2.05, 4.69) is 4.98 Å². The van der Waals surface area contributed by atoms with Gasteiger partial charge in [-0.1, -0.05) is 6.07 Å². The summed E-state index contributed by atoms with van der Waals surface area (Å²) in [5.74, 6) is 0.362. The lowest BCUT2D eigenvalue weighted by Crippen LogP contribution is -2.38. The lowest BCUT2D eigenvalue weighted by Gasteiger charge is -2.26. The maximum absolute atomic E-state index is 12.9. The third-order valence-electron chi connectivity index (χ3n) is 5.52. The molecule has 6 nitrogen and oxygen atoms in total. The molecule has 0 aromatic carbocycles. The number of aromatic nitrogens is 1. The normalized spacial score (nSPS) is 24.0. The minimum atomic E-state index is -0.270. The van der Waals surface area contributed by atoms with E-state index in [4.69, 9.17) is 4.74 Å². The molecule has 0 bridgehead atoms. The van der Waals surface area contributed by atoms with Crippen molar-refractivity contribution in [1.82, 2.24) is 14.8 Å². The lowest BCUT2D eigenvalue weighted by atomic mass is 9.79. The van der Waals surface area contributed by atoms with Crippen molar-refractivity contribution in [2.75, 3.05) is 39.9 Å². The highest BCUT2D eigenvalue weighted by molar-refractivity contribution is 5.85. The van der Waals surface area contributed by atoms with Crippen LogP contribution in [-0.4, -0.2) is 66.5 Å². The fourth-order valence-corrected chi connectivity index (χ4v) is 3.98. The first-order valence-electron chi connectivity index (χ1n) is 9.11. The van der Waals surface area contributed by atoms with Gasteiger partial charge in [0.05, 0.1) is 18.4 Å². The van der Waals surface area contributed by atoms with Crippen molar-refractivity contribution in [3.8, 4) is 0 Å². The minimum absolute atomic E-state index is 0.109. The van der Waals surface area contributed by atoms with Gasteiger partial charge in [0.25, 0.3) is 0 Å². The van der Waals surface area contributed by atoms with Crippen LogP contribution >= 0.6 is 0 Å². The number of carbonyl (C=O) groups is 2. The minimum Gasteiger partial charge on any atom is -0.383 e. The molecule has 0 saturated carbocycles. The van der Waals surface area contributed by atoms with E-state index in [-0.39, 0.29) is 17.2 Å². The highest BCUT2D eigenvalue weighted by Crippen LogP contribution is 2.41. The van der Waals surface area contributed by atoms with Crippen LogP contribution in [0.2, 0.25) is 0 Å². The number of rotatable bonds is 5. The number of amides is 2. The smallest absolute Gasteiger partial charge is 0.229 e. The Morgan fingerprint density at radius 2 is 2.08 bits per heavy atom. The third kappa shape index (κ3) is 4.00. The Hall–Kier alpha value is -1.95. The summed E-state index contributed by atoms with van der Waals surface area (Å²) >= 11 is 0. The predicted octanol–water partition coefficient (Wildman–Crippen LogP) is 1.50. The van der Waals surface area contributed by atoms with Gasteiger partial charge in [0, 0.05) is 45.2 Å². The van der Waals surface area contributed by atoms with Gasteiger partial charge in [-0.15, -0.1) is 0 Å². The Bertz CT molecular complexity index is 607. The molecular formula is C19H27N3O3. The third-order valence-corrected chi connectivity index (χ3v) is 5.52. The lowest BCUT2D eigenvalue weighted by molar-refractivity contribution is -0.137. The number of pyridine rings is 1. The molecule has 1 aromatic rings. The zero-order chi connectivity index (χ0) is 17.7. The molecule has 2 saturated heterocycles. The number of hydrogen-bond donors (Lipinski definition) is 0. The SMILES string of the molecule is COCCN1CC[C@]2(CCCN(C(=O)Cc3ccccn3)CC2)C1=O. The zero-order valence-electron chi connectivity index (χ0n) is 14.9. The van der Waals surface area contributed by atoms with Gasteiger partial charge in [-0.05, 0) is 37.8 Å². The van der Waals surface area contributed by atoms with Gasteiger partial charge >= 0.3 is 0 Å². The van der Waals surface area contributed by atoms with Gasteiger partial charge in [-0.3, -0.25) is 14.6 Å². The van der Waals surface area contributed by atoms with Crippen LogP contribution in [0.1, 0.15) is 31.4 Å². The second kappa shape index (κ2) is 7.95. The number of carbonyl (C=O) groups excluding carboxylic acids is 2. The van der Waals surface area contributed by atoms with Crippen LogP contribution in [0.15, 0.2) is 24.4 Å². The Labute approximate surface area is 149 Å². The van der Waals surface area contributed by atoms with E-state index in [1.165, 1.54) is 0 Å². The Balaban J connectivity index is 1.59. The summed E-state index contributed by atoms with van der Waals surface area (Å²) in [7, 11) is 1.66. The molecule has 6 heteroatoms. The van der Waals surface area contributed by atoms with Crippen LogP contribution in [0.4, 0.5) is 0 Å².